The molecule has 0 aromatic heterocycles. The summed E-state index contributed by atoms with van der Waals surface area (Å²) in [4.78, 5) is 6.95. The van der Waals surface area contributed by atoms with Gasteiger partial charge in [0.25, 0.3) is 0 Å². The lowest BCUT2D eigenvalue weighted by atomic mass is 9.51. The predicted molar refractivity (Wildman–Crippen MR) is 114 cm³/mol. The average molecular weight is 481 g/mol. The van der Waals surface area contributed by atoms with Gasteiger partial charge in [-0.15, -0.1) is 24.0 Å². The van der Waals surface area contributed by atoms with Crippen molar-refractivity contribution >= 4 is 29.9 Å². The Balaban J connectivity index is 0.00000243. The van der Waals surface area contributed by atoms with E-state index in [9.17, 15) is 0 Å². The fraction of sp³-hybridized carbons (Fsp3) is 0.947. The molecular weight excluding hydrogens is 445 g/mol. The van der Waals surface area contributed by atoms with Crippen molar-refractivity contribution in [2.24, 2.45) is 16.3 Å². The van der Waals surface area contributed by atoms with E-state index in [-0.39, 0.29) is 24.0 Å². The molecule has 3 rings (SSSR count). The Hall–Kier alpha value is -0.120. The molecule has 3 aliphatic rings. The van der Waals surface area contributed by atoms with Crippen LogP contribution in [0, 0.1) is 11.3 Å². The molecule has 6 nitrogen and oxygen atoms in total. The molecule has 2 aliphatic carbocycles. The summed E-state index contributed by atoms with van der Waals surface area (Å²) in [6.07, 6.45) is 6.66. The van der Waals surface area contributed by atoms with E-state index in [4.69, 9.17) is 14.2 Å². The van der Waals surface area contributed by atoms with E-state index in [0.717, 1.165) is 38.7 Å². The van der Waals surface area contributed by atoms with Crippen molar-refractivity contribution < 1.29 is 14.2 Å². The normalized spacial score (nSPS) is 29.9. The first kappa shape index (κ1) is 22.2. The summed E-state index contributed by atoms with van der Waals surface area (Å²) >= 11 is 0. The van der Waals surface area contributed by atoms with Crippen molar-refractivity contribution in [3.05, 3.63) is 0 Å². The topological polar surface area (TPSA) is 55.3 Å². The second-order valence-electron chi connectivity index (χ2n) is 7.68. The Morgan fingerprint density at radius 1 is 1.31 bits per heavy atom. The molecule has 3 atom stereocenters. The van der Waals surface area contributed by atoms with Crippen molar-refractivity contribution in [1.29, 1.82) is 0 Å². The molecule has 152 valence electrons. The monoisotopic (exact) mass is 481 g/mol. The second kappa shape index (κ2) is 10.4. The molecule has 2 saturated carbocycles. The van der Waals surface area contributed by atoms with Crippen LogP contribution in [0.5, 0.6) is 0 Å². The van der Waals surface area contributed by atoms with Crippen LogP contribution in [0.4, 0.5) is 0 Å². The number of rotatable bonds is 8. The summed E-state index contributed by atoms with van der Waals surface area (Å²) in [5.41, 5.74) is 0.369. The molecule has 1 N–H and O–H groups in total. The fourth-order valence-corrected chi connectivity index (χ4v) is 4.65. The maximum absolute atomic E-state index is 5.97. The molecule has 0 radical (unpaired) electrons. The highest BCUT2D eigenvalue weighted by atomic mass is 127. The zero-order valence-corrected chi connectivity index (χ0v) is 18.9. The van der Waals surface area contributed by atoms with Crippen LogP contribution in [-0.4, -0.2) is 76.7 Å². The van der Waals surface area contributed by atoms with Crippen LogP contribution < -0.4 is 5.32 Å². The maximum atomic E-state index is 5.97. The highest BCUT2D eigenvalue weighted by Crippen LogP contribution is 2.57. The molecule has 7 heteroatoms. The number of methoxy groups -OCH3 is 1. The molecule has 1 spiro atoms. The molecule has 0 bridgehead atoms. The van der Waals surface area contributed by atoms with Gasteiger partial charge in [-0.25, -0.2) is 0 Å². The van der Waals surface area contributed by atoms with Crippen LogP contribution in [0.25, 0.3) is 0 Å². The Bertz CT molecular complexity index is 459. The molecule has 0 amide bonds. The van der Waals surface area contributed by atoms with Gasteiger partial charge in [-0.2, -0.15) is 0 Å². The minimum atomic E-state index is 0. The molecule has 0 aromatic carbocycles. The molecule has 1 saturated heterocycles. The number of ether oxygens (including phenoxy) is 3. The Morgan fingerprint density at radius 3 is 2.73 bits per heavy atom. The lowest BCUT2D eigenvalue weighted by Gasteiger charge is -2.61. The third-order valence-electron chi connectivity index (χ3n) is 6.32. The van der Waals surface area contributed by atoms with Crippen LogP contribution in [0.1, 0.15) is 39.0 Å². The van der Waals surface area contributed by atoms with Gasteiger partial charge >= 0.3 is 0 Å². The Morgan fingerprint density at radius 2 is 2.12 bits per heavy atom. The summed E-state index contributed by atoms with van der Waals surface area (Å²) in [7, 11) is 3.61. The van der Waals surface area contributed by atoms with Gasteiger partial charge in [-0.05, 0) is 32.6 Å². The molecule has 0 aromatic rings. The first-order chi connectivity index (χ1) is 12.2. The number of guanidine groups is 1. The van der Waals surface area contributed by atoms with E-state index < -0.39 is 0 Å². The van der Waals surface area contributed by atoms with Crippen LogP contribution in [0.3, 0.4) is 0 Å². The highest BCUT2D eigenvalue weighted by Gasteiger charge is 2.59. The van der Waals surface area contributed by atoms with Crippen LogP contribution in [0.2, 0.25) is 0 Å². The smallest absolute Gasteiger partial charge is 0.193 e. The molecule has 1 heterocycles. The van der Waals surface area contributed by atoms with Crippen LogP contribution in [-0.2, 0) is 14.2 Å². The van der Waals surface area contributed by atoms with E-state index in [1.807, 2.05) is 7.05 Å². The lowest BCUT2D eigenvalue weighted by molar-refractivity contribution is -0.168. The van der Waals surface area contributed by atoms with E-state index >= 15 is 0 Å². The number of nitrogens with one attached hydrogen (secondary N) is 1. The van der Waals surface area contributed by atoms with Gasteiger partial charge in [0.1, 0.15) is 0 Å². The number of hydrogen-bond donors (Lipinski definition) is 1. The van der Waals surface area contributed by atoms with Crippen molar-refractivity contribution in [2.45, 2.75) is 51.2 Å². The van der Waals surface area contributed by atoms with Crippen molar-refractivity contribution in [3.63, 3.8) is 0 Å². The minimum Gasteiger partial charge on any atom is -0.382 e. The van der Waals surface area contributed by atoms with E-state index in [1.54, 1.807) is 7.11 Å². The predicted octanol–water partition coefficient (Wildman–Crippen LogP) is 2.51. The second-order valence-corrected chi connectivity index (χ2v) is 7.68. The third kappa shape index (κ3) is 4.64. The summed E-state index contributed by atoms with van der Waals surface area (Å²) < 4.78 is 16.7. The van der Waals surface area contributed by atoms with Crippen molar-refractivity contribution in [3.8, 4) is 0 Å². The lowest BCUT2D eigenvalue weighted by Crippen LogP contribution is -2.68. The maximum Gasteiger partial charge on any atom is 0.193 e. The Labute approximate surface area is 175 Å². The zero-order chi connectivity index (χ0) is 17.7. The fourth-order valence-electron chi connectivity index (χ4n) is 4.65. The molecule has 1 aliphatic heterocycles. The van der Waals surface area contributed by atoms with Crippen molar-refractivity contribution in [2.75, 3.05) is 53.7 Å². The van der Waals surface area contributed by atoms with Gasteiger partial charge in [0.15, 0.2) is 5.96 Å². The molecule has 3 unspecified atom stereocenters. The van der Waals surface area contributed by atoms with Gasteiger partial charge in [-0.3, -0.25) is 4.99 Å². The highest BCUT2D eigenvalue weighted by molar-refractivity contribution is 14.0. The van der Waals surface area contributed by atoms with Gasteiger partial charge in [0.2, 0.25) is 0 Å². The number of halogens is 1. The third-order valence-corrected chi connectivity index (χ3v) is 6.32. The van der Waals surface area contributed by atoms with Gasteiger partial charge in [-0.1, -0.05) is 6.42 Å². The average Bonchev–Trinajstić information content (AvgIpc) is 3.01. The zero-order valence-electron chi connectivity index (χ0n) is 16.5. The molecule has 26 heavy (non-hydrogen) atoms. The van der Waals surface area contributed by atoms with E-state index in [2.05, 4.69) is 22.1 Å². The standard InChI is InChI=1S/C19H35N3O3.HI/c1-4-25-17-12-16(19(17)7-5-8-19)21-18(20-2)22-9-6-15(13-22)14-24-11-10-23-3;/h15-17H,4-14H2,1-3H3,(H,20,21);1H. The van der Waals surface area contributed by atoms with Crippen molar-refractivity contribution in [1.82, 2.24) is 10.2 Å². The van der Waals surface area contributed by atoms with Crippen LogP contribution in [0.15, 0.2) is 4.99 Å². The summed E-state index contributed by atoms with van der Waals surface area (Å²) in [5.74, 6) is 1.65. The summed E-state index contributed by atoms with van der Waals surface area (Å²) in [5, 5.41) is 3.76. The number of aliphatic imine (C=N–C) groups is 1. The summed E-state index contributed by atoms with van der Waals surface area (Å²) in [6, 6.07) is 0.522. The van der Waals surface area contributed by atoms with E-state index in [1.165, 1.54) is 25.7 Å². The van der Waals surface area contributed by atoms with Gasteiger partial charge in [0.05, 0.1) is 25.9 Å². The summed E-state index contributed by atoms with van der Waals surface area (Å²) in [6.45, 7) is 7.19. The number of nitrogens with zero attached hydrogens (tertiary/aromatic N) is 2. The first-order valence-electron chi connectivity index (χ1n) is 9.90. The molecular formula is C19H36IN3O3. The molecule has 3 fully saturated rings. The SMILES string of the molecule is CCOC1CC(NC(=NC)N2CCC(COCCOC)C2)C12CCC2.I. The quantitative estimate of drug-likeness (QED) is 0.250. The minimum absolute atomic E-state index is 0. The van der Waals surface area contributed by atoms with E-state index in [0.29, 0.717) is 36.7 Å². The Kier molecular flexibility index (Phi) is 8.90. The van der Waals surface area contributed by atoms with Crippen LogP contribution >= 0.6 is 24.0 Å². The van der Waals surface area contributed by atoms with Gasteiger partial charge < -0.3 is 24.4 Å². The number of likely N-dealkylation sites (tertiary alicyclic amines) is 1. The largest absolute Gasteiger partial charge is 0.382 e. The van der Waals surface area contributed by atoms with Gasteiger partial charge in [0, 0.05) is 51.2 Å². The number of hydrogen-bond acceptors (Lipinski definition) is 4. The first-order valence-corrected chi connectivity index (χ1v) is 9.90.